The van der Waals surface area contributed by atoms with Gasteiger partial charge in [0.2, 0.25) is 5.91 Å². The number of rotatable bonds is 4. The van der Waals surface area contributed by atoms with Gasteiger partial charge in [0.15, 0.2) is 0 Å². The van der Waals surface area contributed by atoms with Crippen LogP contribution in [0.1, 0.15) is 26.3 Å². The van der Waals surface area contributed by atoms with E-state index in [9.17, 15) is 23.2 Å². The number of carbonyl (C=O) groups excluding carboxylic acids is 3. The largest absolute Gasteiger partial charge is 0.323 e. The first-order valence-electron chi connectivity index (χ1n) is 8.76. The van der Waals surface area contributed by atoms with E-state index in [1.54, 1.807) is 48.5 Å². The molecule has 3 amide bonds. The molecule has 3 aromatic carbocycles. The van der Waals surface area contributed by atoms with Gasteiger partial charge in [-0.25, -0.2) is 13.7 Å². The zero-order valence-corrected chi connectivity index (χ0v) is 15.0. The van der Waals surface area contributed by atoms with Crippen molar-refractivity contribution in [1.82, 2.24) is 0 Å². The van der Waals surface area contributed by atoms with Crippen molar-refractivity contribution in [3.63, 3.8) is 0 Å². The number of nitrogens with one attached hydrogen (secondary N) is 1. The number of imide groups is 1. The highest BCUT2D eigenvalue weighted by Gasteiger charge is 2.36. The molecule has 1 heterocycles. The van der Waals surface area contributed by atoms with Gasteiger partial charge in [-0.1, -0.05) is 24.3 Å². The monoisotopic (exact) mass is 392 g/mol. The van der Waals surface area contributed by atoms with E-state index in [2.05, 4.69) is 5.32 Å². The molecule has 1 N–H and O–H groups in total. The van der Waals surface area contributed by atoms with Crippen LogP contribution in [0.3, 0.4) is 0 Å². The van der Waals surface area contributed by atoms with Crippen molar-refractivity contribution in [3.05, 3.63) is 95.1 Å². The van der Waals surface area contributed by atoms with Crippen LogP contribution in [0.2, 0.25) is 0 Å². The van der Waals surface area contributed by atoms with Crippen LogP contribution in [0.15, 0.2) is 66.7 Å². The molecule has 3 aromatic rings. The van der Waals surface area contributed by atoms with E-state index in [1.165, 1.54) is 0 Å². The van der Waals surface area contributed by atoms with Crippen molar-refractivity contribution < 1.29 is 23.2 Å². The first-order valence-corrected chi connectivity index (χ1v) is 8.76. The standard InChI is InChI=1S/C22H14F2N2O3/c23-14-7-10-19(18(24)12-14)25-20(27)11-13-5-8-15(9-6-13)26-21(28)16-3-1-2-4-17(16)22(26)29/h1-10,12H,11H2,(H,25,27). The summed E-state index contributed by atoms with van der Waals surface area (Å²) in [5, 5.41) is 2.38. The van der Waals surface area contributed by atoms with Gasteiger partial charge in [-0.3, -0.25) is 14.4 Å². The molecule has 1 aliphatic heterocycles. The van der Waals surface area contributed by atoms with Crippen molar-refractivity contribution in [2.24, 2.45) is 0 Å². The molecule has 7 heteroatoms. The summed E-state index contributed by atoms with van der Waals surface area (Å²) >= 11 is 0. The van der Waals surface area contributed by atoms with Crippen molar-refractivity contribution in [3.8, 4) is 0 Å². The second kappa shape index (κ2) is 7.27. The van der Waals surface area contributed by atoms with E-state index < -0.39 is 29.4 Å². The van der Waals surface area contributed by atoms with Crippen molar-refractivity contribution in [2.45, 2.75) is 6.42 Å². The number of amides is 3. The summed E-state index contributed by atoms with van der Waals surface area (Å²) in [6.07, 6.45) is -0.0563. The molecule has 4 rings (SSSR count). The highest BCUT2D eigenvalue weighted by molar-refractivity contribution is 6.34. The van der Waals surface area contributed by atoms with Gasteiger partial charge in [-0.05, 0) is 42.0 Å². The third-order valence-electron chi connectivity index (χ3n) is 4.56. The summed E-state index contributed by atoms with van der Waals surface area (Å²) in [4.78, 5) is 38.2. The second-order valence-electron chi connectivity index (χ2n) is 6.51. The second-order valence-corrected chi connectivity index (χ2v) is 6.51. The van der Waals surface area contributed by atoms with E-state index in [-0.39, 0.29) is 12.1 Å². The summed E-state index contributed by atoms with van der Waals surface area (Å²) in [7, 11) is 0. The number of benzene rings is 3. The maximum atomic E-state index is 13.6. The summed E-state index contributed by atoms with van der Waals surface area (Å²) in [6, 6.07) is 15.8. The number of halogens is 2. The summed E-state index contributed by atoms with van der Waals surface area (Å²) in [6.45, 7) is 0. The van der Waals surface area contributed by atoms with Gasteiger partial charge >= 0.3 is 0 Å². The highest BCUT2D eigenvalue weighted by Crippen LogP contribution is 2.28. The van der Waals surface area contributed by atoms with Crippen LogP contribution < -0.4 is 10.2 Å². The van der Waals surface area contributed by atoms with E-state index in [0.29, 0.717) is 28.4 Å². The molecular formula is C22H14F2N2O3. The predicted molar refractivity (Wildman–Crippen MR) is 103 cm³/mol. The van der Waals surface area contributed by atoms with Crippen molar-refractivity contribution >= 4 is 29.1 Å². The Balaban J connectivity index is 1.47. The molecule has 0 aliphatic carbocycles. The Morgan fingerprint density at radius 3 is 2.07 bits per heavy atom. The van der Waals surface area contributed by atoms with Gasteiger partial charge in [0.05, 0.1) is 28.9 Å². The minimum Gasteiger partial charge on any atom is -0.323 e. The lowest BCUT2D eigenvalue weighted by Crippen LogP contribution is -2.29. The average Bonchev–Trinajstić information content (AvgIpc) is 2.96. The molecular weight excluding hydrogens is 378 g/mol. The minimum absolute atomic E-state index is 0.0563. The Morgan fingerprint density at radius 1 is 0.862 bits per heavy atom. The summed E-state index contributed by atoms with van der Waals surface area (Å²) < 4.78 is 26.6. The molecule has 0 saturated heterocycles. The molecule has 144 valence electrons. The number of fused-ring (bicyclic) bond motifs is 1. The first-order chi connectivity index (χ1) is 13.9. The van der Waals surface area contributed by atoms with Crippen LogP contribution in [-0.2, 0) is 11.2 Å². The average molecular weight is 392 g/mol. The summed E-state index contributed by atoms with van der Waals surface area (Å²) in [5.74, 6) is -2.88. The lowest BCUT2D eigenvalue weighted by Gasteiger charge is -2.14. The Morgan fingerprint density at radius 2 is 1.48 bits per heavy atom. The molecule has 0 unspecified atom stereocenters. The van der Waals surface area contributed by atoms with Crippen LogP contribution >= 0.6 is 0 Å². The smallest absolute Gasteiger partial charge is 0.266 e. The van der Waals surface area contributed by atoms with Gasteiger partial charge in [0, 0.05) is 6.07 Å². The van der Waals surface area contributed by atoms with Gasteiger partial charge in [-0.15, -0.1) is 0 Å². The lowest BCUT2D eigenvalue weighted by atomic mass is 10.1. The number of hydrogen-bond acceptors (Lipinski definition) is 3. The number of hydrogen-bond donors (Lipinski definition) is 1. The van der Waals surface area contributed by atoms with E-state index >= 15 is 0 Å². The summed E-state index contributed by atoms with van der Waals surface area (Å²) in [5.41, 5.74) is 1.58. The van der Waals surface area contributed by atoms with E-state index in [1.807, 2.05) is 0 Å². The third kappa shape index (κ3) is 3.50. The SMILES string of the molecule is O=C(Cc1ccc(N2C(=O)c3ccccc3C2=O)cc1)Nc1ccc(F)cc1F. The molecule has 1 aliphatic rings. The van der Waals surface area contributed by atoms with Crippen LogP contribution in [0, 0.1) is 11.6 Å². The Labute approximate surface area is 164 Å². The maximum absolute atomic E-state index is 13.6. The van der Waals surface area contributed by atoms with Crippen molar-refractivity contribution in [2.75, 3.05) is 10.2 Å². The Hall–Kier alpha value is -3.87. The molecule has 0 fully saturated rings. The van der Waals surface area contributed by atoms with Crippen LogP contribution in [0.25, 0.3) is 0 Å². The van der Waals surface area contributed by atoms with Crippen LogP contribution in [0.4, 0.5) is 20.2 Å². The van der Waals surface area contributed by atoms with Gasteiger partial charge in [0.25, 0.3) is 11.8 Å². The minimum atomic E-state index is -0.862. The third-order valence-corrected chi connectivity index (χ3v) is 4.56. The predicted octanol–water partition coefficient (Wildman–Crippen LogP) is 3.95. The molecule has 0 radical (unpaired) electrons. The highest BCUT2D eigenvalue weighted by atomic mass is 19.1. The topological polar surface area (TPSA) is 66.5 Å². The lowest BCUT2D eigenvalue weighted by molar-refractivity contribution is -0.115. The van der Waals surface area contributed by atoms with Gasteiger partial charge < -0.3 is 5.32 Å². The normalized spacial score (nSPS) is 12.8. The first kappa shape index (κ1) is 18.5. The van der Waals surface area contributed by atoms with Gasteiger partial charge in [-0.2, -0.15) is 0 Å². The maximum Gasteiger partial charge on any atom is 0.266 e. The number of carbonyl (C=O) groups is 3. The molecule has 0 atom stereocenters. The fraction of sp³-hybridized carbons (Fsp3) is 0.0455. The molecule has 0 saturated carbocycles. The van der Waals surface area contributed by atoms with E-state index in [4.69, 9.17) is 0 Å². The molecule has 0 aromatic heterocycles. The fourth-order valence-corrected chi connectivity index (χ4v) is 3.16. The number of nitrogens with zero attached hydrogens (tertiary/aromatic N) is 1. The fourth-order valence-electron chi connectivity index (χ4n) is 3.16. The zero-order valence-electron chi connectivity index (χ0n) is 15.0. The van der Waals surface area contributed by atoms with E-state index in [0.717, 1.165) is 17.0 Å². The van der Waals surface area contributed by atoms with Crippen LogP contribution in [0.5, 0.6) is 0 Å². The van der Waals surface area contributed by atoms with Crippen LogP contribution in [-0.4, -0.2) is 17.7 Å². The Kier molecular flexibility index (Phi) is 4.64. The molecule has 0 bridgehead atoms. The number of anilines is 2. The molecule has 0 spiro atoms. The molecule has 5 nitrogen and oxygen atoms in total. The van der Waals surface area contributed by atoms with Gasteiger partial charge in [0.1, 0.15) is 11.6 Å². The quantitative estimate of drug-likeness (QED) is 0.684. The molecule has 29 heavy (non-hydrogen) atoms. The Bertz CT molecular complexity index is 1110. The van der Waals surface area contributed by atoms with Crippen molar-refractivity contribution in [1.29, 1.82) is 0 Å². The zero-order chi connectivity index (χ0) is 20.5.